The number of hydrogen-bond donors (Lipinski definition) is 2. The summed E-state index contributed by atoms with van der Waals surface area (Å²) in [5.41, 5.74) is 0.990. The molecule has 0 unspecified atom stereocenters. The molecule has 114 valence electrons. The molecule has 1 aromatic rings. The molecule has 1 rings (SSSR count). The summed E-state index contributed by atoms with van der Waals surface area (Å²) in [7, 11) is 3.18. The Bertz CT molecular complexity index is 404. The number of hydrogen-bond acceptors (Lipinski definition) is 5. The fraction of sp³-hybridized carbons (Fsp3) is 0.571. The minimum absolute atomic E-state index is 0.266. The quantitative estimate of drug-likeness (QED) is 0.649. The summed E-state index contributed by atoms with van der Waals surface area (Å²) in [6, 6.07) is 3.80. The number of nitrogens with one attached hydrogen (secondary N) is 1. The molecule has 0 aliphatic carbocycles. The Morgan fingerprint density at radius 1 is 1.25 bits per heavy atom. The molecule has 4 nitrogen and oxygen atoms in total. The molecular weight excluding hydrogens is 298 g/mol. The van der Waals surface area contributed by atoms with E-state index in [0.29, 0.717) is 23.1 Å². The molecule has 0 aromatic heterocycles. The second-order valence-electron chi connectivity index (χ2n) is 4.14. The highest BCUT2D eigenvalue weighted by atomic mass is 35.5. The van der Waals surface area contributed by atoms with Gasteiger partial charge in [-0.25, -0.2) is 0 Å². The van der Waals surface area contributed by atoms with Crippen molar-refractivity contribution in [1.82, 2.24) is 5.32 Å². The van der Waals surface area contributed by atoms with E-state index >= 15 is 0 Å². The SMILES string of the molecule is COc1ccc(CNCCSCCCO)c(Cl)c1OC. The van der Waals surface area contributed by atoms with Gasteiger partial charge in [-0.2, -0.15) is 11.8 Å². The Kier molecular flexibility index (Phi) is 8.85. The van der Waals surface area contributed by atoms with Crippen molar-refractivity contribution in [2.24, 2.45) is 0 Å². The van der Waals surface area contributed by atoms with E-state index in [2.05, 4.69) is 5.32 Å². The smallest absolute Gasteiger partial charge is 0.179 e. The Morgan fingerprint density at radius 2 is 2.05 bits per heavy atom. The lowest BCUT2D eigenvalue weighted by Gasteiger charge is -2.13. The Balaban J connectivity index is 2.40. The van der Waals surface area contributed by atoms with Gasteiger partial charge in [0.05, 0.1) is 19.2 Å². The van der Waals surface area contributed by atoms with Crippen LogP contribution in [0.25, 0.3) is 0 Å². The topological polar surface area (TPSA) is 50.7 Å². The van der Waals surface area contributed by atoms with E-state index in [-0.39, 0.29) is 6.61 Å². The zero-order valence-corrected chi connectivity index (χ0v) is 13.5. The molecule has 2 N–H and O–H groups in total. The highest BCUT2D eigenvalue weighted by molar-refractivity contribution is 7.99. The molecule has 0 aliphatic rings. The number of aliphatic hydroxyl groups is 1. The standard InChI is InChI=1S/C14H22ClNO3S/c1-18-12-5-4-11(13(15)14(12)19-2)10-16-6-9-20-8-3-7-17/h4-5,16-17H,3,6-10H2,1-2H3. The fourth-order valence-electron chi connectivity index (χ4n) is 1.70. The maximum Gasteiger partial charge on any atom is 0.179 e. The molecule has 0 aliphatic heterocycles. The third-order valence-electron chi connectivity index (χ3n) is 2.75. The second-order valence-corrected chi connectivity index (χ2v) is 5.74. The number of aliphatic hydroxyl groups excluding tert-OH is 1. The summed E-state index contributed by atoms with van der Waals surface area (Å²) in [4.78, 5) is 0. The normalized spacial score (nSPS) is 10.6. The van der Waals surface area contributed by atoms with Crippen molar-refractivity contribution in [3.8, 4) is 11.5 Å². The van der Waals surface area contributed by atoms with Gasteiger partial charge < -0.3 is 19.9 Å². The van der Waals surface area contributed by atoms with E-state index in [1.807, 2.05) is 23.9 Å². The molecule has 0 saturated heterocycles. The van der Waals surface area contributed by atoms with Crippen LogP contribution in [0.4, 0.5) is 0 Å². The van der Waals surface area contributed by atoms with Gasteiger partial charge >= 0.3 is 0 Å². The zero-order chi connectivity index (χ0) is 14.8. The van der Waals surface area contributed by atoms with Crippen LogP contribution in [0.2, 0.25) is 5.02 Å². The van der Waals surface area contributed by atoms with Crippen molar-refractivity contribution >= 4 is 23.4 Å². The first-order valence-corrected chi connectivity index (χ1v) is 8.06. The molecule has 6 heteroatoms. The second kappa shape index (κ2) is 10.2. The zero-order valence-electron chi connectivity index (χ0n) is 11.9. The van der Waals surface area contributed by atoms with Crippen molar-refractivity contribution in [1.29, 1.82) is 0 Å². The van der Waals surface area contributed by atoms with E-state index in [9.17, 15) is 0 Å². The van der Waals surface area contributed by atoms with Crippen LogP contribution < -0.4 is 14.8 Å². The molecule has 0 heterocycles. The van der Waals surface area contributed by atoms with Crippen molar-refractivity contribution in [3.63, 3.8) is 0 Å². The highest BCUT2D eigenvalue weighted by Gasteiger charge is 2.12. The van der Waals surface area contributed by atoms with Crippen molar-refractivity contribution < 1.29 is 14.6 Å². The van der Waals surface area contributed by atoms with Gasteiger partial charge in [-0.3, -0.25) is 0 Å². The van der Waals surface area contributed by atoms with Crippen LogP contribution in [0.1, 0.15) is 12.0 Å². The molecular formula is C14H22ClNO3S. The number of methoxy groups -OCH3 is 2. The van der Waals surface area contributed by atoms with Crippen LogP contribution in [0.3, 0.4) is 0 Å². The third-order valence-corrected chi connectivity index (χ3v) is 4.23. The van der Waals surface area contributed by atoms with Crippen LogP contribution in [-0.2, 0) is 6.54 Å². The van der Waals surface area contributed by atoms with Crippen molar-refractivity contribution in [2.75, 3.05) is 38.9 Å². The van der Waals surface area contributed by atoms with Crippen LogP contribution >= 0.6 is 23.4 Å². The molecule has 20 heavy (non-hydrogen) atoms. The third kappa shape index (κ3) is 5.40. The average Bonchev–Trinajstić information content (AvgIpc) is 2.47. The van der Waals surface area contributed by atoms with Crippen LogP contribution in [0.5, 0.6) is 11.5 Å². The minimum Gasteiger partial charge on any atom is -0.493 e. The van der Waals surface area contributed by atoms with E-state index in [1.165, 1.54) is 0 Å². The highest BCUT2D eigenvalue weighted by Crippen LogP contribution is 2.37. The van der Waals surface area contributed by atoms with Crippen LogP contribution in [-0.4, -0.2) is 44.0 Å². The molecule has 1 aromatic carbocycles. The van der Waals surface area contributed by atoms with Gasteiger partial charge in [0, 0.05) is 25.4 Å². The molecule has 0 fully saturated rings. The Morgan fingerprint density at radius 3 is 2.70 bits per heavy atom. The number of thioether (sulfide) groups is 1. The largest absolute Gasteiger partial charge is 0.493 e. The van der Waals surface area contributed by atoms with Crippen LogP contribution in [0, 0.1) is 0 Å². The number of benzene rings is 1. The van der Waals surface area contributed by atoms with Crippen molar-refractivity contribution in [2.45, 2.75) is 13.0 Å². The minimum atomic E-state index is 0.266. The maximum absolute atomic E-state index is 8.67. The van der Waals surface area contributed by atoms with Gasteiger partial charge in [-0.15, -0.1) is 0 Å². The summed E-state index contributed by atoms with van der Waals surface area (Å²) in [5.74, 6) is 3.23. The number of rotatable bonds is 10. The van der Waals surface area contributed by atoms with E-state index in [1.54, 1.807) is 14.2 Å². The predicted octanol–water partition coefficient (Wildman–Crippen LogP) is 2.56. The van der Waals surface area contributed by atoms with Gasteiger partial charge in [0.1, 0.15) is 0 Å². The first kappa shape index (κ1) is 17.4. The van der Waals surface area contributed by atoms with Gasteiger partial charge in [0.15, 0.2) is 11.5 Å². The Hall–Kier alpha value is -0.620. The van der Waals surface area contributed by atoms with E-state index in [4.69, 9.17) is 26.2 Å². The molecule has 0 radical (unpaired) electrons. The average molecular weight is 320 g/mol. The maximum atomic E-state index is 8.67. The van der Waals surface area contributed by atoms with Gasteiger partial charge in [-0.05, 0) is 23.8 Å². The first-order chi connectivity index (χ1) is 9.74. The molecule has 0 bridgehead atoms. The molecule has 0 saturated carbocycles. The summed E-state index contributed by atoms with van der Waals surface area (Å²) < 4.78 is 10.5. The fourth-order valence-corrected chi connectivity index (χ4v) is 2.83. The first-order valence-electron chi connectivity index (χ1n) is 6.53. The summed E-state index contributed by atoms with van der Waals surface area (Å²) >= 11 is 8.13. The monoisotopic (exact) mass is 319 g/mol. The lowest BCUT2D eigenvalue weighted by molar-refractivity contribution is 0.296. The van der Waals surface area contributed by atoms with Gasteiger partial charge in [0.25, 0.3) is 0 Å². The van der Waals surface area contributed by atoms with Gasteiger partial charge in [0.2, 0.25) is 0 Å². The number of ether oxygens (including phenoxy) is 2. The predicted molar refractivity (Wildman–Crippen MR) is 85.3 cm³/mol. The molecule has 0 spiro atoms. The van der Waals surface area contributed by atoms with E-state index < -0.39 is 0 Å². The summed E-state index contributed by atoms with van der Waals surface area (Å²) in [5, 5.41) is 12.6. The lowest BCUT2D eigenvalue weighted by Crippen LogP contribution is -2.17. The Labute approximate surface area is 129 Å². The van der Waals surface area contributed by atoms with Crippen molar-refractivity contribution in [3.05, 3.63) is 22.7 Å². The molecule has 0 amide bonds. The number of halogens is 1. The van der Waals surface area contributed by atoms with E-state index in [0.717, 1.165) is 30.0 Å². The molecule has 0 atom stereocenters. The summed E-state index contributed by atoms with van der Waals surface area (Å²) in [6.07, 6.45) is 0.853. The lowest BCUT2D eigenvalue weighted by atomic mass is 10.2. The summed E-state index contributed by atoms with van der Waals surface area (Å²) in [6.45, 7) is 1.86. The van der Waals surface area contributed by atoms with Crippen LogP contribution in [0.15, 0.2) is 12.1 Å². The van der Waals surface area contributed by atoms with Gasteiger partial charge in [-0.1, -0.05) is 17.7 Å².